The fourth-order valence-corrected chi connectivity index (χ4v) is 7.65. The van der Waals surface area contributed by atoms with Crippen molar-refractivity contribution in [3.63, 3.8) is 0 Å². The molecule has 16 heteroatoms. The quantitative estimate of drug-likeness (QED) is 0.117. The minimum absolute atomic E-state index is 0. The van der Waals surface area contributed by atoms with Crippen LogP contribution in [0.15, 0.2) is 109 Å². The van der Waals surface area contributed by atoms with Gasteiger partial charge in [0.05, 0.1) is 18.1 Å². The second kappa shape index (κ2) is 21.9. The fraction of sp³-hybridized carbons (Fsp3) is 0.333. The van der Waals surface area contributed by atoms with Crippen LogP contribution in [0.2, 0.25) is 0 Å². The maximum atomic E-state index is 12.4. The number of esters is 1. The second-order valence-electron chi connectivity index (χ2n) is 14.8. The Morgan fingerprint density at radius 2 is 0.967 bits per heavy atom. The molecule has 2 fully saturated rings. The van der Waals surface area contributed by atoms with Gasteiger partial charge in [-0.15, -0.1) is 0 Å². The van der Waals surface area contributed by atoms with Crippen LogP contribution >= 0.6 is 0 Å². The zero-order valence-electron chi connectivity index (χ0n) is 34.5. The van der Waals surface area contributed by atoms with E-state index in [1.165, 1.54) is 7.11 Å². The molecule has 0 bridgehead atoms. The molecule has 0 spiro atoms. The van der Waals surface area contributed by atoms with Crippen molar-refractivity contribution < 1.29 is 62.8 Å². The zero-order valence-corrected chi connectivity index (χ0v) is 34.5. The summed E-state index contributed by atoms with van der Waals surface area (Å²) in [5.41, 5.74) is 4.12. The number of nitrogens with zero attached hydrogens (tertiary/aromatic N) is 6. The van der Waals surface area contributed by atoms with E-state index < -0.39 is 11.9 Å². The molecule has 0 atom stereocenters. The average Bonchev–Trinajstić information content (AvgIpc) is 3.84. The molecule has 2 amide bonds. The molecule has 6 aromatic rings. The summed E-state index contributed by atoms with van der Waals surface area (Å²) in [6.07, 6.45) is 2.83. The van der Waals surface area contributed by atoms with Crippen molar-refractivity contribution in [1.82, 2.24) is 29.4 Å². The Bertz CT molecular complexity index is 2370. The van der Waals surface area contributed by atoms with Crippen molar-refractivity contribution in [3.05, 3.63) is 132 Å². The summed E-state index contributed by atoms with van der Waals surface area (Å²) in [5.74, 6) is -0.744. The van der Waals surface area contributed by atoms with Gasteiger partial charge in [-0.05, 0) is 60.8 Å². The Morgan fingerprint density at radius 3 is 1.38 bits per heavy atom. The number of piperidine rings is 2. The van der Waals surface area contributed by atoms with Crippen molar-refractivity contribution in [2.45, 2.75) is 52.0 Å². The number of aromatic carboxylic acids is 1. The normalized spacial score (nSPS) is 14.2. The summed E-state index contributed by atoms with van der Waals surface area (Å²) in [6, 6.07) is 34.4. The third kappa shape index (κ3) is 11.6. The van der Waals surface area contributed by atoms with Gasteiger partial charge in [0.15, 0.2) is 11.4 Å². The first-order valence-corrected chi connectivity index (χ1v) is 19.9. The van der Waals surface area contributed by atoms with Crippen LogP contribution in [0.5, 0.6) is 0 Å². The minimum Gasteiger partial charge on any atom is -0.870 e. The van der Waals surface area contributed by atoms with Gasteiger partial charge >= 0.3 is 43.0 Å². The van der Waals surface area contributed by atoms with Crippen molar-refractivity contribution in [1.29, 1.82) is 0 Å². The van der Waals surface area contributed by atoms with Crippen LogP contribution in [0.1, 0.15) is 57.8 Å². The molecule has 4 aromatic carbocycles. The Labute approximate surface area is 365 Å². The fourth-order valence-electron chi connectivity index (χ4n) is 7.65. The summed E-state index contributed by atoms with van der Waals surface area (Å²) >= 11 is 0. The molecule has 2 aliphatic heterocycles. The van der Waals surface area contributed by atoms with E-state index >= 15 is 0 Å². The number of carbonyl (C=O) groups is 4. The van der Waals surface area contributed by atoms with Crippen molar-refractivity contribution in [2.24, 2.45) is 11.8 Å². The number of benzene rings is 4. The Morgan fingerprint density at radius 1 is 0.590 bits per heavy atom. The molecule has 61 heavy (non-hydrogen) atoms. The number of carboxylic acid groups (broad SMARTS) is 1. The van der Waals surface area contributed by atoms with E-state index in [-0.39, 0.29) is 55.4 Å². The van der Waals surface area contributed by atoms with E-state index in [9.17, 15) is 24.3 Å². The van der Waals surface area contributed by atoms with Crippen LogP contribution in [0.25, 0.3) is 21.8 Å². The van der Waals surface area contributed by atoms with Crippen molar-refractivity contribution in [3.8, 4) is 0 Å². The van der Waals surface area contributed by atoms with Gasteiger partial charge < -0.3 is 34.6 Å². The van der Waals surface area contributed by atoms with Crippen LogP contribution < -0.4 is 18.9 Å². The van der Waals surface area contributed by atoms with Gasteiger partial charge in [-0.1, -0.05) is 97.1 Å². The first-order valence-electron chi connectivity index (χ1n) is 19.9. The maximum absolute atomic E-state index is 12.4. The Kier molecular flexibility index (Phi) is 16.5. The summed E-state index contributed by atoms with van der Waals surface area (Å²) in [5, 5.41) is 19.7. The number of carbonyl (C=O) groups excluding carboxylic acids is 3. The molecular formula is C45H49LiN6O9. The smallest absolute Gasteiger partial charge is 0.870 e. The SMILES string of the molecule is COC(=O)c1nn(CC2CCN(C(=O)OCc3ccccc3)CC2)c2ccccc12.O=C(O)c1nn(CC2CCN(C(=O)OCc3ccccc3)CC2)c2ccccc12.[Li+].[OH-]. The number of hydrogen-bond donors (Lipinski definition) is 1. The number of para-hydroxylation sites is 2. The van der Waals surface area contributed by atoms with Gasteiger partial charge in [-0.2, -0.15) is 10.2 Å². The number of carboxylic acids is 1. The maximum Gasteiger partial charge on any atom is 1.00 e. The first-order chi connectivity index (χ1) is 28.8. The average molecular weight is 825 g/mol. The molecule has 2 N–H and O–H groups in total. The molecule has 2 aliphatic rings. The van der Waals surface area contributed by atoms with Gasteiger partial charge in [0.25, 0.3) is 0 Å². The van der Waals surface area contributed by atoms with Crippen LogP contribution in [0.3, 0.4) is 0 Å². The third-order valence-electron chi connectivity index (χ3n) is 10.9. The standard InChI is InChI=1S/C23H25N3O4.C22H23N3O4.Li.H2O/c1-29-22(27)21-19-9-5-6-10-20(19)26(24-21)15-17-11-13-25(14-12-17)23(28)30-16-18-7-3-2-4-8-18;26-21(27)20-18-8-4-5-9-19(18)25(23-20)14-16-10-12-24(13-11-16)22(28)29-15-17-6-2-1-3-7-17;;/h2-10,17H,11-16H2,1H3;1-9,16H,10-15H2,(H,26,27);;1H2/q;;+1;/p-1. The number of ether oxygens (including phenoxy) is 3. The summed E-state index contributed by atoms with van der Waals surface area (Å²) in [6.45, 7) is 4.46. The van der Waals surface area contributed by atoms with Crippen LogP contribution in [0.4, 0.5) is 9.59 Å². The van der Waals surface area contributed by atoms with Crippen molar-refractivity contribution in [2.75, 3.05) is 33.3 Å². The van der Waals surface area contributed by atoms with Gasteiger partial charge in [0.2, 0.25) is 0 Å². The Hall–Kier alpha value is -6.14. The first kappa shape index (κ1) is 45.9. The third-order valence-corrected chi connectivity index (χ3v) is 10.9. The van der Waals surface area contributed by atoms with Gasteiger partial charge in [0.1, 0.15) is 13.2 Å². The molecule has 8 rings (SSSR count). The number of rotatable bonds is 10. The summed E-state index contributed by atoms with van der Waals surface area (Å²) < 4.78 is 19.4. The molecule has 4 heterocycles. The molecule has 0 unspecified atom stereocenters. The molecule has 0 radical (unpaired) electrons. The van der Waals surface area contributed by atoms with E-state index in [2.05, 4.69) is 10.2 Å². The molecular weight excluding hydrogens is 775 g/mol. The zero-order chi connectivity index (χ0) is 41.1. The number of fused-ring (bicyclic) bond motifs is 2. The van der Waals surface area contributed by atoms with Crippen LogP contribution in [-0.4, -0.2) is 97.4 Å². The second-order valence-corrected chi connectivity index (χ2v) is 14.8. The van der Waals surface area contributed by atoms with E-state index in [0.717, 1.165) is 53.2 Å². The topological polar surface area (TPSA) is 188 Å². The minimum atomic E-state index is -1.02. The van der Waals surface area contributed by atoms with Gasteiger partial charge in [0, 0.05) is 50.0 Å². The van der Waals surface area contributed by atoms with Gasteiger partial charge in [-0.3, -0.25) is 9.36 Å². The number of likely N-dealkylation sites (tertiary alicyclic amines) is 2. The monoisotopic (exact) mass is 824 g/mol. The molecule has 0 saturated carbocycles. The predicted octanol–water partition coefficient (Wildman–Crippen LogP) is 4.48. The largest absolute Gasteiger partial charge is 1.00 e. The summed E-state index contributed by atoms with van der Waals surface area (Å²) in [7, 11) is 1.36. The Balaban J connectivity index is 0.000000224. The van der Waals surface area contributed by atoms with E-state index in [4.69, 9.17) is 14.2 Å². The predicted molar refractivity (Wildman–Crippen MR) is 222 cm³/mol. The molecule has 314 valence electrons. The van der Waals surface area contributed by atoms with Crippen LogP contribution in [-0.2, 0) is 40.5 Å². The molecule has 2 aromatic heterocycles. The molecule has 0 aliphatic carbocycles. The molecule has 2 saturated heterocycles. The van der Waals surface area contributed by atoms with Crippen molar-refractivity contribution >= 4 is 45.9 Å². The van der Waals surface area contributed by atoms with Crippen LogP contribution in [0, 0.1) is 11.8 Å². The number of amides is 2. The number of aromatic nitrogens is 4. The summed E-state index contributed by atoms with van der Waals surface area (Å²) in [4.78, 5) is 51.7. The molecule has 15 nitrogen and oxygen atoms in total. The number of methoxy groups -OCH3 is 1. The number of hydrogen-bond acceptors (Lipinski definition) is 10. The van der Waals surface area contributed by atoms with E-state index in [1.807, 2.05) is 108 Å². The van der Waals surface area contributed by atoms with E-state index in [1.54, 1.807) is 20.5 Å². The van der Waals surface area contributed by atoms with Gasteiger partial charge in [-0.25, -0.2) is 19.2 Å². The van der Waals surface area contributed by atoms with E-state index in [0.29, 0.717) is 62.2 Å².